The average molecular weight is 377 g/mol. The number of benzene rings is 1. The van der Waals surface area contributed by atoms with Gasteiger partial charge in [-0.3, -0.25) is 9.59 Å². The first kappa shape index (κ1) is 23.2. The van der Waals surface area contributed by atoms with Gasteiger partial charge in [0.2, 0.25) is 0 Å². The lowest BCUT2D eigenvalue weighted by atomic mass is 9.86. The van der Waals surface area contributed by atoms with E-state index in [2.05, 4.69) is 25.1 Å². The molecule has 27 heavy (non-hydrogen) atoms. The molecule has 0 atom stereocenters. The van der Waals surface area contributed by atoms with Crippen molar-refractivity contribution < 1.29 is 19.8 Å². The third kappa shape index (κ3) is 7.36. The Morgan fingerprint density at radius 1 is 0.778 bits per heavy atom. The van der Waals surface area contributed by atoms with Crippen molar-refractivity contribution in [3.63, 3.8) is 0 Å². The molecular formula is C23H36O4. The van der Waals surface area contributed by atoms with Crippen LogP contribution >= 0.6 is 0 Å². The van der Waals surface area contributed by atoms with Crippen LogP contribution in [-0.4, -0.2) is 22.2 Å². The number of aryl methyl sites for hydroxylation is 2. The highest BCUT2D eigenvalue weighted by Gasteiger charge is 2.26. The first-order chi connectivity index (χ1) is 12.5. The summed E-state index contributed by atoms with van der Waals surface area (Å²) in [5.74, 6) is -1.46. The summed E-state index contributed by atoms with van der Waals surface area (Å²) in [6.45, 7) is 9.30. The Hall–Kier alpha value is -1.84. The molecule has 0 aliphatic rings. The second kappa shape index (κ2) is 9.91. The number of carbonyl (C=O) groups is 2. The Labute approximate surface area is 164 Å². The highest BCUT2D eigenvalue weighted by molar-refractivity contribution is 5.73. The van der Waals surface area contributed by atoms with Gasteiger partial charge in [0, 0.05) is 0 Å². The molecule has 1 aromatic rings. The maximum Gasteiger partial charge on any atom is 0.309 e. The molecule has 1 rings (SSSR count). The molecule has 1 aromatic carbocycles. The maximum absolute atomic E-state index is 11.2. The lowest BCUT2D eigenvalue weighted by molar-refractivity contribution is -0.148. The van der Waals surface area contributed by atoms with Gasteiger partial charge in [0.1, 0.15) is 0 Å². The van der Waals surface area contributed by atoms with Crippen molar-refractivity contribution in [2.24, 2.45) is 10.8 Å². The van der Waals surface area contributed by atoms with Crippen LogP contribution in [0.5, 0.6) is 0 Å². The minimum atomic E-state index is -0.730. The Bertz CT molecular complexity index is 592. The first-order valence-corrected chi connectivity index (χ1v) is 10.0. The zero-order valence-corrected chi connectivity index (χ0v) is 17.6. The zero-order chi connectivity index (χ0) is 20.7. The Balaban J connectivity index is 2.49. The third-order valence-electron chi connectivity index (χ3n) is 5.71. The van der Waals surface area contributed by atoms with E-state index in [-0.39, 0.29) is 0 Å². The van der Waals surface area contributed by atoms with Crippen LogP contribution in [0, 0.1) is 17.8 Å². The Morgan fingerprint density at radius 3 is 1.48 bits per heavy atom. The fourth-order valence-electron chi connectivity index (χ4n) is 3.26. The van der Waals surface area contributed by atoms with Gasteiger partial charge in [-0.25, -0.2) is 0 Å². The highest BCUT2D eigenvalue weighted by atomic mass is 16.4. The molecule has 0 saturated carbocycles. The van der Waals surface area contributed by atoms with Crippen LogP contribution in [0.25, 0.3) is 0 Å². The number of carboxylic acids is 2. The minimum Gasteiger partial charge on any atom is -0.481 e. The number of rotatable bonds is 12. The van der Waals surface area contributed by atoms with Crippen LogP contribution in [0.1, 0.15) is 82.9 Å². The van der Waals surface area contributed by atoms with E-state index in [1.54, 1.807) is 27.7 Å². The van der Waals surface area contributed by atoms with Crippen LogP contribution in [0.15, 0.2) is 18.2 Å². The molecule has 0 aromatic heterocycles. The molecule has 0 heterocycles. The van der Waals surface area contributed by atoms with E-state index in [0.717, 1.165) is 38.5 Å². The van der Waals surface area contributed by atoms with Crippen LogP contribution in [-0.2, 0) is 22.4 Å². The van der Waals surface area contributed by atoms with Gasteiger partial charge in [0.05, 0.1) is 10.8 Å². The molecule has 4 heteroatoms. The van der Waals surface area contributed by atoms with Gasteiger partial charge in [0.15, 0.2) is 0 Å². The molecule has 0 bridgehead atoms. The van der Waals surface area contributed by atoms with Gasteiger partial charge in [-0.2, -0.15) is 0 Å². The van der Waals surface area contributed by atoms with Gasteiger partial charge in [-0.15, -0.1) is 0 Å². The van der Waals surface area contributed by atoms with Crippen LogP contribution in [0.4, 0.5) is 0 Å². The van der Waals surface area contributed by atoms with E-state index in [4.69, 9.17) is 0 Å². The molecule has 0 spiro atoms. The molecule has 4 nitrogen and oxygen atoms in total. The maximum atomic E-state index is 11.2. The average Bonchev–Trinajstić information content (AvgIpc) is 2.57. The topological polar surface area (TPSA) is 74.6 Å². The summed E-state index contributed by atoms with van der Waals surface area (Å²) in [7, 11) is 0. The van der Waals surface area contributed by atoms with Crippen molar-refractivity contribution in [2.45, 2.75) is 86.0 Å². The summed E-state index contributed by atoms with van der Waals surface area (Å²) < 4.78 is 0. The Morgan fingerprint density at radius 2 is 1.15 bits per heavy atom. The Kier molecular flexibility index (Phi) is 8.52. The van der Waals surface area contributed by atoms with E-state index in [9.17, 15) is 19.8 Å². The zero-order valence-electron chi connectivity index (χ0n) is 17.6. The standard InChI is InChI=1S/C23H36O4/c1-17-18(11-6-8-15-22(2,3)20(24)25)13-10-14-19(17)12-7-9-16-23(4,5)21(26)27/h10,13-14H,6-9,11-12,15-16H2,1-5H3,(H,24,25)(H,26,27). The van der Waals surface area contributed by atoms with Crippen molar-refractivity contribution in [3.05, 3.63) is 34.9 Å². The molecule has 0 saturated heterocycles. The van der Waals surface area contributed by atoms with E-state index in [0.29, 0.717) is 12.8 Å². The fourth-order valence-corrected chi connectivity index (χ4v) is 3.26. The molecule has 0 aliphatic heterocycles. The van der Waals surface area contributed by atoms with E-state index >= 15 is 0 Å². The van der Waals surface area contributed by atoms with Gasteiger partial charge >= 0.3 is 11.9 Å². The number of aliphatic carboxylic acids is 2. The molecule has 0 aliphatic carbocycles. The SMILES string of the molecule is Cc1c(CCCCC(C)(C)C(=O)O)cccc1CCCCC(C)(C)C(=O)O. The number of hydrogen-bond donors (Lipinski definition) is 2. The molecule has 2 N–H and O–H groups in total. The summed E-state index contributed by atoms with van der Waals surface area (Å²) in [6.07, 6.45) is 7.14. The fraction of sp³-hybridized carbons (Fsp3) is 0.652. The van der Waals surface area contributed by atoms with Gasteiger partial charge < -0.3 is 10.2 Å². The summed E-state index contributed by atoms with van der Waals surface area (Å²) in [5.41, 5.74) is 2.70. The molecule has 0 fully saturated rings. The second-order valence-electron chi connectivity index (χ2n) is 8.99. The van der Waals surface area contributed by atoms with Crippen molar-refractivity contribution in [2.75, 3.05) is 0 Å². The monoisotopic (exact) mass is 376 g/mol. The van der Waals surface area contributed by atoms with E-state index in [1.807, 2.05) is 0 Å². The molecule has 0 unspecified atom stereocenters. The van der Waals surface area contributed by atoms with Crippen molar-refractivity contribution in [1.29, 1.82) is 0 Å². The van der Waals surface area contributed by atoms with Gasteiger partial charge in [0.25, 0.3) is 0 Å². The summed E-state index contributed by atoms with van der Waals surface area (Å²) in [4.78, 5) is 22.4. The number of carboxylic acid groups (broad SMARTS) is 2. The van der Waals surface area contributed by atoms with Gasteiger partial charge in [-0.1, -0.05) is 31.0 Å². The van der Waals surface area contributed by atoms with E-state index in [1.165, 1.54) is 16.7 Å². The van der Waals surface area contributed by atoms with Crippen LogP contribution < -0.4 is 0 Å². The van der Waals surface area contributed by atoms with Crippen LogP contribution in [0.2, 0.25) is 0 Å². The summed E-state index contributed by atoms with van der Waals surface area (Å²) in [5, 5.41) is 18.4. The number of hydrogen-bond acceptors (Lipinski definition) is 2. The number of unbranched alkanes of at least 4 members (excludes halogenated alkanes) is 2. The highest BCUT2D eigenvalue weighted by Crippen LogP contribution is 2.26. The van der Waals surface area contributed by atoms with E-state index < -0.39 is 22.8 Å². The van der Waals surface area contributed by atoms with Crippen molar-refractivity contribution in [3.8, 4) is 0 Å². The summed E-state index contributed by atoms with van der Waals surface area (Å²) in [6, 6.07) is 6.42. The van der Waals surface area contributed by atoms with Crippen molar-refractivity contribution in [1.82, 2.24) is 0 Å². The molecule has 152 valence electrons. The molecule has 0 amide bonds. The first-order valence-electron chi connectivity index (χ1n) is 10.0. The third-order valence-corrected chi connectivity index (χ3v) is 5.71. The quantitative estimate of drug-likeness (QED) is 0.463. The van der Waals surface area contributed by atoms with Gasteiger partial charge in [-0.05, 0) is 89.8 Å². The largest absolute Gasteiger partial charge is 0.481 e. The lowest BCUT2D eigenvalue weighted by Gasteiger charge is -2.19. The predicted octanol–water partition coefficient (Wildman–Crippen LogP) is 5.64. The minimum absolute atomic E-state index is 0.652. The smallest absolute Gasteiger partial charge is 0.309 e. The lowest BCUT2D eigenvalue weighted by Crippen LogP contribution is -2.23. The van der Waals surface area contributed by atoms with Crippen molar-refractivity contribution >= 4 is 11.9 Å². The summed E-state index contributed by atoms with van der Waals surface area (Å²) >= 11 is 0. The molecular weight excluding hydrogens is 340 g/mol. The predicted molar refractivity (Wildman–Crippen MR) is 109 cm³/mol. The second-order valence-corrected chi connectivity index (χ2v) is 8.99. The molecule has 0 radical (unpaired) electrons. The van der Waals surface area contributed by atoms with Crippen LogP contribution in [0.3, 0.4) is 0 Å². The normalized spacial score (nSPS) is 12.2.